The first-order chi connectivity index (χ1) is 26.0. The molecule has 49 heavy (non-hydrogen) atoms. The van der Waals surface area contributed by atoms with Gasteiger partial charge in [-0.3, -0.25) is 0 Å². The van der Waals surface area contributed by atoms with E-state index >= 15 is 0 Å². The van der Waals surface area contributed by atoms with E-state index in [0.29, 0.717) is 22.5 Å². The van der Waals surface area contributed by atoms with Gasteiger partial charge in [0, 0.05) is 32.9 Å². The summed E-state index contributed by atoms with van der Waals surface area (Å²) in [5.74, 6) is 0. The van der Waals surface area contributed by atoms with Crippen LogP contribution in [0.4, 0.5) is 17.1 Å². The molecule has 0 spiro atoms. The maximum Gasteiger partial charge on any atom is 0.143 e. The maximum atomic E-state index is 9.45. The summed E-state index contributed by atoms with van der Waals surface area (Å²) in [4.78, 5) is 1.85. The lowest BCUT2D eigenvalue weighted by molar-refractivity contribution is 0.669. The highest BCUT2D eigenvalue weighted by atomic mass is 16.3. The highest BCUT2D eigenvalue weighted by molar-refractivity contribution is 6.19. The number of hydrogen-bond donors (Lipinski definition) is 0. The molecule has 3 nitrogen and oxygen atoms in total. The van der Waals surface area contributed by atoms with Crippen LogP contribution in [0, 0.1) is 0 Å². The van der Waals surface area contributed by atoms with Crippen molar-refractivity contribution in [2.75, 3.05) is 4.90 Å². The molecule has 0 amide bonds. The van der Waals surface area contributed by atoms with Gasteiger partial charge in [-0.25, -0.2) is 0 Å². The molecule has 0 unspecified atom stereocenters. The van der Waals surface area contributed by atoms with E-state index in [1.807, 2.05) is 126 Å². The minimum Gasteiger partial charge on any atom is -0.456 e. The van der Waals surface area contributed by atoms with E-state index in [4.69, 9.17) is 8.83 Å². The quantitative estimate of drug-likeness (QED) is 0.189. The monoisotopic (exact) mass is 631 g/mol. The van der Waals surface area contributed by atoms with Gasteiger partial charge in [0.25, 0.3) is 0 Å². The number of benzene rings is 8. The van der Waals surface area contributed by atoms with Gasteiger partial charge in [0.05, 0.1) is 16.6 Å². The fraction of sp³-hybridized carbons (Fsp3) is 0. The van der Waals surface area contributed by atoms with E-state index in [2.05, 4.69) is 30.3 Å². The van der Waals surface area contributed by atoms with Crippen LogP contribution in [0.15, 0.2) is 185 Å². The number of furan rings is 2. The standard InChI is InChI=1S/C46H29NO2/c1-2-10-30(11-3-1)31-20-25-34(26-21-31)47(40-16-9-19-43-45(40)39-29-24-32-12-4-5-13-37(32)46(39)49-43)35-27-22-33(23-28-35)36-15-8-18-42-44(36)38-14-6-7-17-41(38)48-42/h1-29H/i20D,21D,25D,26D. The molecule has 0 radical (unpaired) electrons. The average Bonchev–Trinajstić information content (AvgIpc) is 3.79. The lowest BCUT2D eigenvalue weighted by atomic mass is 9.98. The third kappa shape index (κ3) is 4.44. The Morgan fingerprint density at radius 3 is 1.94 bits per heavy atom. The summed E-state index contributed by atoms with van der Waals surface area (Å²) in [6.07, 6.45) is 0. The predicted molar refractivity (Wildman–Crippen MR) is 204 cm³/mol. The van der Waals surface area contributed by atoms with Crippen molar-refractivity contribution in [1.29, 1.82) is 0 Å². The normalized spacial score (nSPS) is 12.8. The van der Waals surface area contributed by atoms with E-state index in [1.165, 1.54) is 0 Å². The van der Waals surface area contributed by atoms with Crippen LogP contribution in [0.5, 0.6) is 0 Å². The minimum atomic E-state index is -0.140. The Bertz CT molecular complexity index is 3030. The summed E-state index contributed by atoms with van der Waals surface area (Å²) in [5, 5.41) is 5.83. The molecule has 0 fully saturated rings. The zero-order valence-corrected chi connectivity index (χ0v) is 26.2. The number of hydrogen-bond acceptors (Lipinski definition) is 3. The van der Waals surface area contributed by atoms with Crippen molar-refractivity contribution in [3.05, 3.63) is 176 Å². The summed E-state index contributed by atoms with van der Waals surface area (Å²) < 4.78 is 50.1. The highest BCUT2D eigenvalue weighted by Gasteiger charge is 2.21. The summed E-state index contributed by atoms with van der Waals surface area (Å²) in [6, 6.07) is 48.8. The van der Waals surface area contributed by atoms with Crippen molar-refractivity contribution in [2.24, 2.45) is 0 Å². The van der Waals surface area contributed by atoms with Crippen LogP contribution in [-0.2, 0) is 0 Å². The predicted octanol–water partition coefficient (Wildman–Crippen LogP) is 13.4. The molecule has 0 aliphatic heterocycles. The molecule has 10 rings (SSSR count). The van der Waals surface area contributed by atoms with Crippen LogP contribution in [0.3, 0.4) is 0 Å². The lowest BCUT2D eigenvalue weighted by Gasteiger charge is -2.26. The van der Waals surface area contributed by atoms with Gasteiger partial charge in [0.15, 0.2) is 0 Å². The van der Waals surface area contributed by atoms with E-state index < -0.39 is 0 Å². The molecule has 10 aromatic rings. The third-order valence-electron chi connectivity index (χ3n) is 9.34. The Morgan fingerprint density at radius 1 is 0.408 bits per heavy atom. The first-order valence-corrected chi connectivity index (χ1v) is 16.3. The van der Waals surface area contributed by atoms with Crippen molar-refractivity contribution in [3.63, 3.8) is 0 Å². The molecular formula is C46H29NO2. The Hall–Kier alpha value is -6.58. The fourth-order valence-corrected chi connectivity index (χ4v) is 7.08. The van der Waals surface area contributed by atoms with Gasteiger partial charge in [-0.1, -0.05) is 121 Å². The van der Waals surface area contributed by atoms with Crippen molar-refractivity contribution < 1.29 is 14.3 Å². The number of anilines is 3. The van der Waals surface area contributed by atoms with E-state index in [0.717, 1.165) is 60.2 Å². The summed E-state index contributed by atoms with van der Waals surface area (Å²) in [6.45, 7) is 0. The molecule has 230 valence electrons. The van der Waals surface area contributed by atoms with Crippen LogP contribution in [0.25, 0.3) is 76.9 Å². The molecule has 3 heteroatoms. The number of fused-ring (bicyclic) bond motifs is 8. The van der Waals surface area contributed by atoms with Gasteiger partial charge in [-0.2, -0.15) is 0 Å². The molecular weight excluding hydrogens is 599 g/mol. The van der Waals surface area contributed by atoms with E-state index in [1.54, 1.807) is 0 Å². The smallest absolute Gasteiger partial charge is 0.143 e. The highest BCUT2D eigenvalue weighted by Crippen LogP contribution is 2.45. The summed E-state index contributed by atoms with van der Waals surface area (Å²) in [7, 11) is 0. The zero-order valence-electron chi connectivity index (χ0n) is 30.2. The molecule has 0 aliphatic carbocycles. The second-order valence-corrected chi connectivity index (χ2v) is 12.2. The van der Waals surface area contributed by atoms with Gasteiger partial charge in [0.2, 0.25) is 0 Å². The van der Waals surface area contributed by atoms with Gasteiger partial charge >= 0.3 is 0 Å². The Balaban J connectivity index is 1.23. The molecule has 2 aromatic heterocycles. The molecule has 0 aliphatic rings. The molecule has 2 heterocycles. The fourth-order valence-electron chi connectivity index (χ4n) is 7.08. The van der Waals surface area contributed by atoms with Crippen LogP contribution in [-0.4, -0.2) is 0 Å². The van der Waals surface area contributed by atoms with Crippen molar-refractivity contribution in [2.45, 2.75) is 0 Å². The van der Waals surface area contributed by atoms with Crippen molar-refractivity contribution >= 4 is 71.7 Å². The SMILES string of the molecule is [2H]c1c([2H])c(N(c2ccc(-c3cccc4oc5ccccc5c34)cc2)c2cccc3oc4c5ccccc5ccc4c23)c([2H])c([2H])c1-c1ccccc1. The van der Waals surface area contributed by atoms with Gasteiger partial charge < -0.3 is 13.7 Å². The van der Waals surface area contributed by atoms with Crippen molar-refractivity contribution in [3.8, 4) is 22.3 Å². The number of rotatable bonds is 5. The Kier molecular flexibility index (Phi) is 5.32. The largest absolute Gasteiger partial charge is 0.456 e. The molecule has 0 bridgehead atoms. The first kappa shape index (κ1) is 23.7. The molecule has 0 N–H and O–H groups in total. The van der Waals surface area contributed by atoms with Crippen LogP contribution in [0.2, 0.25) is 0 Å². The van der Waals surface area contributed by atoms with Crippen LogP contribution in [0.1, 0.15) is 5.48 Å². The van der Waals surface area contributed by atoms with Gasteiger partial charge in [0.1, 0.15) is 22.3 Å². The summed E-state index contributed by atoms with van der Waals surface area (Å²) in [5.41, 5.74) is 7.44. The minimum absolute atomic E-state index is 0.109. The Morgan fingerprint density at radius 2 is 1.10 bits per heavy atom. The second-order valence-electron chi connectivity index (χ2n) is 12.2. The van der Waals surface area contributed by atoms with Crippen LogP contribution >= 0.6 is 0 Å². The van der Waals surface area contributed by atoms with Crippen molar-refractivity contribution in [1.82, 2.24) is 0 Å². The number of para-hydroxylation sites is 1. The van der Waals surface area contributed by atoms with E-state index in [-0.39, 0.29) is 35.4 Å². The number of nitrogens with zero attached hydrogens (tertiary/aromatic N) is 1. The average molecular weight is 632 g/mol. The van der Waals surface area contributed by atoms with E-state index in [9.17, 15) is 5.48 Å². The molecule has 0 atom stereocenters. The lowest BCUT2D eigenvalue weighted by Crippen LogP contribution is -2.10. The Labute approximate surface area is 288 Å². The molecule has 8 aromatic carbocycles. The topological polar surface area (TPSA) is 29.5 Å². The molecule has 0 saturated carbocycles. The maximum absolute atomic E-state index is 9.45. The third-order valence-corrected chi connectivity index (χ3v) is 9.34. The van der Waals surface area contributed by atoms with Gasteiger partial charge in [-0.05, 0) is 82.2 Å². The molecule has 0 saturated heterocycles. The van der Waals surface area contributed by atoms with Gasteiger partial charge in [-0.15, -0.1) is 0 Å². The summed E-state index contributed by atoms with van der Waals surface area (Å²) >= 11 is 0. The van der Waals surface area contributed by atoms with Crippen LogP contribution < -0.4 is 4.90 Å². The first-order valence-electron chi connectivity index (χ1n) is 18.3. The zero-order chi connectivity index (χ0) is 35.8. The second kappa shape index (κ2) is 11.0.